The summed E-state index contributed by atoms with van der Waals surface area (Å²) in [6, 6.07) is 9.65. The number of fused-ring (bicyclic) bond motifs is 1. The number of thiophene rings is 1. The average molecular weight is 524 g/mol. The molecule has 1 aliphatic rings. The van der Waals surface area contributed by atoms with E-state index in [-0.39, 0.29) is 10.8 Å². The number of amides is 1. The molecule has 0 unspecified atom stereocenters. The third-order valence-electron chi connectivity index (χ3n) is 5.33. The zero-order valence-electron chi connectivity index (χ0n) is 17.3. The molecule has 1 fully saturated rings. The topological polar surface area (TPSA) is 102 Å². The van der Waals surface area contributed by atoms with Gasteiger partial charge in [0.1, 0.15) is 15.9 Å². The zero-order chi connectivity index (χ0) is 23.2. The van der Waals surface area contributed by atoms with Crippen molar-refractivity contribution in [1.82, 2.24) is 9.29 Å². The molecule has 12 heteroatoms. The van der Waals surface area contributed by atoms with Gasteiger partial charge in [-0.1, -0.05) is 23.7 Å². The maximum absolute atomic E-state index is 13.0. The van der Waals surface area contributed by atoms with E-state index in [0.29, 0.717) is 45.1 Å². The van der Waals surface area contributed by atoms with Gasteiger partial charge in [0, 0.05) is 17.3 Å². The van der Waals surface area contributed by atoms with Crippen molar-refractivity contribution < 1.29 is 22.4 Å². The lowest BCUT2D eigenvalue weighted by Crippen LogP contribution is -2.42. The highest BCUT2D eigenvalue weighted by Crippen LogP contribution is 2.35. The van der Waals surface area contributed by atoms with Crippen LogP contribution in [0.4, 0.5) is 5.13 Å². The van der Waals surface area contributed by atoms with Crippen LogP contribution in [0.5, 0.6) is 5.75 Å². The molecule has 4 aromatic rings. The number of benzene rings is 1. The molecule has 1 amide bonds. The first-order valence-electron chi connectivity index (χ1n) is 9.97. The number of nitrogens with one attached hydrogen (secondary N) is 1. The Morgan fingerprint density at radius 1 is 1.33 bits per heavy atom. The van der Waals surface area contributed by atoms with Crippen LogP contribution in [0, 0.1) is 0 Å². The summed E-state index contributed by atoms with van der Waals surface area (Å²) in [6.45, 7) is 0.278. The number of rotatable bonds is 6. The fraction of sp³-hybridized carbons (Fsp3) is 0.238. The van der Waals surface area contributed by atoms with Crippen LogP contribution < -0.4 is 10.1 Å². The second-order valence-electron chi connectivity index (χ2n) is 7.35. The monoisotopic (exact) mass is 523 g/mol. The molecule has 33 heavy (non-hydrogen) atoms. The van der Waals surface area contributed by atoms with Crippen molar-refractivity contribution in [1.29, 1.82) is 0 Å². The number of sulfonamides is 1. The number of carbonyl (C=O) groups excluding carboxylic acids is 1. The minimum atomic E-state index is -3.80. The third-order valence-corrected chi connectivity index (χ3v) is 9.70. The first kappa shape index (κ1) is 22.4. The lowest BCUT2D eigenvalue weighted by molar-refractivity contribution is -0.119. The van der Waals surface area contributed by atoms with Crippen molar-refractivity contribution in [3.8, 4) is 17.2 Å². The molecule has 1 saturated heterocycles. The highest BCUT2D eigenvalue weighted by molar-refractivity contribution is 7.91. The Morgan fingerprint density at radius 3 is 2.94 bits per heavy atom. The Bertz CT molecular complexity index is 1440. The lowest BCUT2D eigenvalue weighted by Gasteiger charge is -2.22. The Kier molecular flexibility index (Phi) is 5.91. The molecule has 3 aromatic heterocycles. The van der Waals surface area contributed by atoms with E-state index >= 15 is 0 Å². The Morgan fingerprint density at radius 2 is 2.18 bits per heavy atom. The molecule has 0 saturated carbocycles. The predicted molar refractivity (Wildman–Crippen MR) is 129 cm³/mol. The van der Waals surface area contributed by atoms with Crippen LogP contribution in [0.3, 0.4) is 0 Å². The number of hydrogen-bond donors (Lipinski definition) is 1. The molecular weight excluding hydrogens is 506 g/mol. The molecular formula is C21H18ClN3O5S3. The SMILES string of the molecule is COc1cccc2cc(-c3csc(NC(=O)[C@H]4CCCN4S(=O)(=O)c4ccc(Cl)s4)n3)oc12. The first-order valence-corrected chi connectivity index (χ1v) is 13.5. The van der Waals surface area contributed by atoms with Crippen molar-refractivity contribution in [2.24, 2.45) is 0 Å². The van der Waals surface area contributed by atoms with Crippen LogP contribution in [-0.4, -0.2) is 43.3 Å². The molecule has 1 N–H and O–H groups in total. The van der Waals surface area contributed by atoms with Crippen LogP contribution >= 0.6 is 34.3 Å². The number of furan rings is 1. The smallest absolute Gasteiger partial charge is 0.253 e. The lowest BCUT2D eigenvalue weighted by atomic mass is 10.2. The number of carbonyl (C=O) groups is 1. The summed E-state index contributed by atoms with van der Waals surface area (Å²) < 4.78 is 39.0. The Labute approximate surface area is 202 Å². The molecule has 0 aliphatic carbocycles. The normalized spacial score (nSPS) is 17.0. The van der Waals surface area contributed by atoms with Crippen LogP contribution in [0.2, 0.25) is 4.34 Å². The number of aromatic nitrogens is 1. The summed E-state index contributed by atoms with van der Waals surface area (Å²) in [5, 5.41) is 5.78. The second-order valence-corrected chi connectivity index (χ2v) is 12.0. The zero-order valence-corrected chi connectivity index (χ0v) is 20.5. The summed E-state index contributed by atoms with van der Waals surface area (Å²) in [4.78, 5) is 17.4. The second kappa shape index (κ2) is 8.73. The number of para-hydroxylation sites is 1. The van der Waals surface area contributed by atoms with E-state index in [4.69, 9.17) is 20.8 Å². The van der Waals surface area contributed by atoms with Gasteiger partial charge in [0.15, 0.2) is 22.2 Å². The van der Waals surface area contributed by atoms with E-state index in [0.717, 1.165) is 16.7 Å². The van der Waals surface area contributed by atoms with E-state index in [9.17, 15) is 13.2 Å². The standard InChI is InChI=1S/C21H18ClN3O5S3/c1-29-15-6-2-4-12-10-16(30-19(12)15)13-11-31-21(23-13)24-20(26)14-5-3-9-25(14)33(27,28)18-8-7-17(22)32-18/h2,4,6-8,10-11,14H,3,5,9H2,1H3,(H,23,24,26)/t14-/m1/s1. The highest BCUT2D eigenvalue weighted by atomic mass is 35.5. The predicted octanol–water partition coefficient (Wildman–Crippen LogP) is 5.07. The molecule has 172 valence electrons. The van der Waals surface area contributed by atoms with Gasteiger partial charge in [-0.25, -0.2) is 13.4 Å². The summed E-state index contributed by atoms with van der Waals surface area (Å²) in [6.07, 6.45) is 1.03. The largest absolute Gasteiger partial charge is 0.493 e. The van der Waals surface area contributed by atoms with Gasteiger partial charge >= 0.3 is 0 Å². The molecule has 1 atom stereocenters. The number of halogens is 1. The molecule has 0 spiro atoms. The highest BCUT2D eigenvalue weighted by Gasteiger charge is 2.40. The Balaban J connectivity index is 1.35. The maximum atomic E-state index is 13.0. The first-order chi connectivity index (χ1) is 15.9. The molecule has 4 heterocycles. The van der Waals surface area contributed by atoms with Crippen LogP contribution in [0.1, 0.15) is 12.8 Å². The van der Waals surface area contributed by atoms with Crippen molar-refractivity contribution in [2.45, 2.75) is 23.1 Å². The summed E-state index contributed by atoms with van der Waals surface area (Å²) in [5.41, 5.74) is 1.19. The number of methoxy groups -OCH3 is 1. The van der Waals surface area contributed by atoms with E-state index in [1.165, 1.54) is 27.8 Å². The number of nitrogens with zero attached hydrogens (tertiary/aromatic N) is 2. The number of thiazole rings is 1. The molecule has 1 aliphatic heterocycles. The molecule has 1 aromatic carbocycles. The minimum absolute atomic E-state index is 0.129. The van der Waals surface area contributed by atoms with Gasteiger partial charge < -0.3 is 14.5 Å². The van der Waals surface area contributed by atoms with E-state index in [2.05, 4.69) is 10.3 Å². The van der Waals surface area contributed by atoms with Crippen LogP contribution in [0.25, 0.3) is 22.4 Å². The third kappa shape index (κ3) is 4.15. The van der Waals surface area contributed by atoms with Crippen molar-refractivity contribution >= 4 is 66.3 Å². The van der Waals surface area contributed by atoms with Gasteiger partial charge in [-0.2, -0.15) is 4.31 Å². The summed E-state index contributed by atoms with van der Waals surface area (Å²) in [5.74, 6) is 0.758. The van der Waals surface area contributed by atoms with E-state index in [1.54, 1.807) is 12.5 Å². The molecule has 0 bridgehead atoms. The van der Waals surface area contributed by atoms with Crippen LogP contribution in [-0.2, 0) is 14.8 Å². The van der Waals surface area contributed by atoms with Gasteiger partial charge in [-0.15, -0.1) is 22.7 Å². The van der Waals surface area contributed by atoms with Gasteiger partial charge in [-0.05, 0) is 37.1 Å². The Hall–Kier alpha value is -2.44. The fourth-order valence-corrected chi connectivity index (χ4v) is 7.77. The van der Waals surface area contributed by atoms with Gasteiger partial charge in [-0.3, -0.25) is 4.79 Å². The van der Waals surface area contributed by atoms with Crippen molar-refractivity contribution in [3.05, 3.63) is 46.1 Å². The van der Waals surface area contributed by atoms with Gasteiger partial charge in [0.2, 0.25) is 5.91 Å². The maximum Gasteiger partial charge on any atom is 0.253 e. The minimum Gasteiger partial charge on any atom is -0.493 e. The molecule has 5 rings (SSSR count). The van der Waals surface area contributed by atoms with Gasteiger partial charge in [0.05, 0.1) is 11.4 Å². The van der Waals surface area contributed by atoms with Crippen molar-refractivity contribution in [3.63, 3.8) is 0 Å². The fourth-order valence-electron chi connectivity index (χ4n) is 3.80. The summed E-state index contributed by atoms with van der Waals surface area (Å²) >= 11 is 8.13. The summed E-state index contributed by atoms with van der Waals surface area (Å²) in [7, 11) is -2.22. The van der Waals surface area contributed by atoms with Crippen LogP contribution in [0.15, 0.2) is 50.4 Å². The molecule has 0 radical (unpaired) electrons. The van der Waals surface area contributed by atoms with Crippen molar-refractivity contribution in [2.75, 3.05) is 19.0 Å². The number of anilines is 1. The average Bonchev–Trinajstić information content (AvgIpc) is 3.58. The van der Waals surface area contributed by atoms with E-state index in [1.807, 2.05) is 24.3 Å². The van der Waals surface area contributed by atoms with E-state index < -0.39 is 22.0 Å². The van der Waals surface area contributed by atoms with Gasteiger partial charge in [0.25, 0.3) is 10.0 Å². The number of hydrogen-bond acceptors (Lipinski definition) is 8. The quantitative estimate of drug-likeness (QED) is 0.378. The molecule has 8 nitrogen and oxygen atoms in total. The number of ether oxygens (including phenoxy) is 1.